The predicted molar refractivity (Wildman–Crippen MR) is 87.6 cm³/mol. The molecule has 0 atom stereocenters. The Hall–Kier alpha value is -2.30. The van der Waals surface area contributed by atoms with E-state index < -0.39 is 0 Å². The van der Waals surface area contributed by atoms with Gasteiger partial charge in [-0.25, -0.2) is 4.79 Å². The summed E-state index contributed by atoms with van der Waals surface area (Å²) >= 11 is 0. The number of esters is 1. The van der Waals surface area contributed by atoms with Gasteiger partial charge in [0.2, 0.25) is 0 Å². The predicted octanol–water partition coefficient (Wildman–Crippen LogP) is 3.63. The van der Waals surface area contributed by atoms with E-state index in [0.29, 0.717) is 18.8 Å². The van der Waals surface area contributed by atoms with E-state index in [2.05, 4.69) is 10.3 Å². The van der Waals surface area contributed by atoms with Gasteiger partial charge in [0.05, 0.1) is 24.4 Å². The monoisotopic (exact) mass is 302 g/mol. The van der Waals surface area contributed by atoms with Crippen molar-refractivity contribution in [2.24, 2.45) is 0 Å². The molecule has 0 spiro atoms. The van der Waals surface area contributed by atoms with E-state index >= 15 is 0 Å². The lowest BCUT2D eigenvalue weighted by Crippen LogP contribution is -2.16. The summed E-state index contributed by atoms with van der Waals surface area (Å²) in [7, 11) is 0. The smallest absolute Gasteiger partial charge is 0.341 e. The van der Waals surface area contributed by atoms with E-state index in [1.165, 1.54) is 0 Å². The van der Waals surface area contributed by atoms with E-state index in [-0.39, 0.29) is 12.0 Å². The van der Waals surface area contributed by atoms with Gasteiger partial charge in [0.15, 0.2) is 0 Å². The molecule has 0 fully saturated rings. The van der Waals surface area contributed by atoms with Crippen LogP contribution in [0.2, 0.25) is 0 Å². The van der Waals surface area contributed by atoms with E-state index in [1.54, 1.807) is 13.1 Å². The number of nitrogens with one attached hydrogen (secondary N) is 1. The maximum atomic E-state index is 12.2. The van der Waals surface area contributed by atoms with E-state index in [1.807, 2.05) is 39.0 Å². The Morgan fingerprint density at radius 3 is 2.68 bits per heavy atom. The van der Waals surface area contributed by atoms with Crippen molar-refractivity contribution < 1.29 is 14.3 Å². The molecule has 1 heterocycles. The summed E-state index contributed by atoms with van der Waals surface area (Å²) in [5.41, 5.74) is 1.98. The third-order valence-corrected chi connectivity index (χ3v) is 3.08. The van der Waals surface area contributed by atoms with Gasteiger partial charge in [-0.05, 0) is 45.9 Å². The summed E-state index contributed by atoms with van der Waals surface area (Å²) in [4.78, 5) is 16.5. The highest BCUT2D eigenvalue weighted by Crippen LogP contribution is 2.30. The number of fused-ring (bicyclic) bond motifs is 1. The number of hydrogen-bond acceptors (Lipinski definition) is 5. The summed E-state index contributed by atoms with van der Waals surface area (Å²) < 4.78 is 10.7. The van der Waals surface area contributed by atoms with Gasteiger partial charge >= 0.3 is 5.97 Å². The molecule has 0 aliphatic heterocycles. The van der Waals surface area contributed by atoms with Gasteiger partial charge in [0.25, 0.3) is 0 Å². The molecule has 1 N–H and O–H groups in total. The third kappa shape index (κ3) is 3.47. The van der Waals surface area contributed by atoms with Crippen LogP contribution in [0, 0.1) is 0 Å². The van der Waals surface area contributed by atoms with Crippen LogP contribution in [0.3, 0.4) is 0 Å². The molecule has 1 aromatic carbocycles. The molecular weight excluding hydrogens is 280 g/mol. The molecule has 22 heavy (non-hydrogen) atoms. The minimum atomic E-state index is -0.373. The van der Waals surface area contributed by atoms with Crippen molar-refractivity contribution in [1.82, 2.24) is 4.98 Å². The first kappa shape index (κ1) is 16.1. The second kappa shape index (κ2) is 7.11. The van der Waals surface area contributed by atoms with Gasteiger partial charge in [-0.15, -0.1) is 0 Å². The summed E-state index contributed by atoms with van der Waals surface area (Å²) in [5, 5.41) is 4.18. The standard InChI is InChI=1S/C17H22N2O3/c1-5-21-12-7-8-15-13(9-12)16(19-11(3)4)14(10-18-15)17(20)22-6-2/h7-11H,5-6H2,1-4H3,(H,18,19). The quantitative estimate of drug-likeness (QED) is 0.826. The first-order chi connectivity index (χ1) is 10.6. The number of nitrogens with zero attached hydrogens (tertiary/aromatic N) is 1. The molecule has 5 nitrogen and oxygen atoms in total. The fourth-order valence-electron chi connectivity index (χ4n) is 2.24. The van der Waals surface area contributed by atoms with E-state index in [9.17, 15) is 4.79 Å². The molecule has 5 heteroatoms. The molecule has 0 amide bonds. The fourth-order valence-corrected chi connectivity index (χ4v) is 2.24. The van der Waals surface area contributed by atoms with Gasteiger partial charge < -0.3 is 14.8 Å². The summed E-state index contributed by atoms with van der Waals surface area (Å²) in [6.45, 7) is 8.68. The minimum absolute atomic E-state index is 0.175. The third-order valence-electron chi connectivity index (χ3n) is 3.08. The van der Waals surface area contributed by atoms with Crippen molar-refractivity contribution in [3.05, 3.63) is 30.0 Å². The lowest BCUT2D eigenvalue weighted by Gasteiger charge is -2.17. The summed E-state index contributed by atoms with van der Waals surface area (Å²) in [6, 6.07) is 5.84. The zero-order valence-electron chi connectivity index (χ0n) is 13.5. The van der Waals surface area contributed by atoms with Crippen LogP contribution in [0.15, 0.2) is 24.4 Å². The topological polar surface area (TPSA) is 60.5 Å². The molecule has 118 valence electrons. The highest BCUT2D eigenvalue weighted by Gasteiger charge is 2.17. The second-order valence-electron chi connectivity index (χ2n) is 5.18. The van der Waals surface area contributed by atoms with E-state index in [4.69, 9.17) is 9.47 Å². The number of pyridine rings is 1. The lowest BCUT2D eigenvalue weighted by molar-refractivity contribution is 0.0527. The molecule has 2 rings (SSSR count). The van der Waals surface area contributed by atoms with Crippen molar-refractivity contribution in [3.63, 3.8) is 0 Å². The number of aromatic nitrogens is 1. The molecule has 0 unspecified atom stereocenters. The fraction of sp³-hybridized carbons (Fsp3) is 0.412. The van der Waals surface area contributed by atoms with Crippen LogP contribution < -0.4 is 10.1 Å². The first-order valence-corrected chi connectivity index (χ1v) is 7.56. The summed E-state index contributed by atoms with van der Waals surface area (Å²) in [6.07, 6.45) is 1.56. The number of hydrogen-bond donors (Lipinski definition) is 1. The molecule has 0 aliphatic rings. The average Bonchev–Trinajstić information content (AvgIpc) is 2.48. The molecule has 1 aromatic heterocycles. The zero-order chi connectivity index (χ0) is 16.1. The van der Waals surface area contributed by atoms with Crippen molar-refractivity contribution in [1.29, 1.82) is 0 Å². The van der Waals surface area contributed by atoms with Crippen molar-refractivity contribution in [2.75, 3.05) is 18.5 Å². The van der Waals surface area contributed by atoms with Crippen LogP contribution in [0.5, 0.6) is 5.75 Å². The molecule has 2 aromatic rings. The first-order valence-electron chi connectivity index (χ1n) is 7.56. The highest BCUT2D eigenvalue weighted by atomic mass is 16.5. The largest absolute Gasteiger partial charge is 0.494 e. The van der Waals surface area contributed by atoms with Gasteiger partial charge in [-0.1, -0.05) is 0 Å². The van der Waals surface area contributed by atoms with Crippen LogP contribution >= 0.6 is 0 Å². The van der Waals surface area contributed by atoms with Gasteiger partial charge in [-0.2, -0.15) is 0 Å². The number of carbonyl (C=O) groups is 1. The Kier molecular flexibility index (Phi) is 5.20. The molecule has 0 radical (unpaired) electrons. The zero-order valence-corrected chi connectivity index (χ0v) is 13.5. The lowest BCUT2D eigenvalue weighted by atomic mass is 10.1. The molecule has 0 saturated carbocycles. The van der Waals surface area contributed by atoms with Crippen LogP contribution in [0.25, 0.3) is 10.9 Å². The molecule has 0 saturated heterocycles. The Morgan fingerprint density at radius 1 is 1.27 bits per heavy atom. The van der Waals surface area contributed by atoms with Crippen LogP contribution in [0.1, 0.15) is 38.1 Å². The number of ether oxygens (including phenoxy) is 2. The molecule has 0 bridgehead atoms. The normalized spacial score (nSPS) is 10.8. The maximum absolute atomic E-state index is 12.2. The van der Waals surface area contributed by atoms with Crippen molar-refractivity contribution in [3.8, 4) is 5.75 Å². The van der Waals surface area contributed by atoms with Crippen molar-refractivity contribution >= 4 is 22.6 Å². The van der Waals surface area contributed by atoms with Crippen LogP contribution in [0.4, 0.5) is 5.69 Å². The Balaban J connectivity index is 2.61. The summed E-state index contributed by atoms with van der Waals surface area (Å²) in [5.74, 6) is 0.381. The Labute approximate surface area is 130 Å². The SMILES string of the molecule is CCOC(=O)c1cnc2ccc(OCC)cc2c1NC(C)C. The van der Waals surface area contributed by atoms with Crippen LogP contribution in [-0.2, 0) is 4.74 Å². The number of carbonyl (C=O) groups excluding carboxylic acids is 1. The van der Waals surface area contributed by atoms with E-state index in [0.717, 1.165) is 22.3 Å². The second-order valence-corrected chi connectivity index (χ2v) is 5.18. The average molecular weight is 302 g/mol. The number of benzene rings is 1. The molecular formula is C17H22N2O3. The maximum Gasteiger partial charge on any atom is 0.341 e. The van der Waals surface area contributed by atoms with Crippen LogP contribution in [-0.4, -0.2) is 30.2 Å². The Bertz CT molecular complexity index is 668. The van der Waals surface area contributed by atoms with Gasteiger partial charge in [0.1, 0.15) is 11.3 Å². The minimum Gasteiger partial charge on any atom is -0.494 e. The van der Waals surface area contributed by atoms with Gasteiger partial charge in [-0.3, -0.25) is 4.98 Å². The number of rotatable bonds is 6. The molecule has 0 aliphatic carbocycles. The Morgan fingerprint density at radius 2 is 2.05 bits per heavy atom. The highest BCUT2D eigenvalue weighted by molar-refractivity contribution is 6.05. The van der Waals surface area contributed by atoms with Gasteiger partial charge in [0, 0.05) is 17.6 Å². The number of anilines is 1. The van der Waals surface area contributed by atoms with Crippen molar-refractivity contribution in [2.45, 2.75) is 33.7 Å².